The van der Waals surface area contributed by atoms with Crippen molar-refractivity contribution in [3.8, 4) is 0 Å². The molecule has 0 aliphatic carbocycles. The fourth-order valence-electron chi connectivity index (χ4n) is 0.743. The molecule has 0 rings (SSSR count). The highest BCUT2D eigenvalue weighted by molar-refractivity contribution is 4.46. The van der Waals surface area contributed by atoms with Crippen molar-refractivity contribution in [2.45, 2.75) is 39.7 Å². The third kappa shape index (κ3) is 9.82. The van der Waals surface area contributed by atoms with Crippen molar-refractivity contribution < 1.29 is 13.5 Å². The molecular formula is C8H16F2O. The summed E-state index contributed by atoms with van der Waals surface area (Å²) >= 11 is 0. The van der Waals surface area contributed by atoms with Crippen LogP contribution in [0.4, 0.5) is 8.78 Å². The molecule has 0 heterocycles. The van der Waals surface area contributed by atoms with E-state index < -0.39 is 6.11 Å². The van der Waals surface area contributed by atoms with E-state index in [1.807, 2.05) is 0 Å². The van der Waals surface area contributed by atoms with Crippen molar-refractivity contribution in [3.05, 3.63) is 0 Å². The lowest BCUT2D eigenvalue weighted by Gasteiger charge is -2.11. The molecule has 11 heavy (non-hydrogen) atoms. The highest BCUT2D eigenvalue weighted by Gasteiger charge is 2.20. The molecule has 0 aromatic carbocycles. The molecule has 0 aromatic rings. The Kier molecular flexibility index (Phi) is 4.57. The summed E-state index contributed by atoms with van der Waals surface area (Å²) in [6, 6.07) is 0. The van der Waals surface area contributed by atoms with Gasteiger partial charge in [-0.05, 0) is 18.8 Å². The minimum Gasteiger partial charge on any atom is -0.321 e. The summed E-state index contributed by atoms with van der Waals surface area (Å²) in [5.41, 5.74) is 0. The van der Waals surface area contributed by atoms with E-state index in [0.29, 0.717) is 12.3 Å². The Labute approximate surface area is 66.7 Å². The summed E-state index contributed by atoms with van der Waals surface area (Å²) in [5.74, 6) is 0.559. The summed E-state index contributed by atoms with van der Waals surface area (Å²) in [4.78, 5) is 0. The van der Waals surface area contributed by atoms with Crippen LogP contribution in [0.25, 0.3) is 0 Å². The average molecular weight is 166 g/mol. The van der Waals surface area contributed by atoms with Gasteiger partial charge >= 0.3 is 6.11 Å². The largest absolute Gasteiger partial charge is 0.352 e. The maximum absolute atomic E-state index is 12.0. The lowest BCUT2D eigenvalue weighted by atomic mass is 10.1. The molecule has 0 aromatic heterocycles. The Bertz CT molecular complexity index is 96.8. The Morgan fingerprint density at radius 3 is 2.27 bits per heavy atom. The van der Waals surface area contributed by atoms with Crippen LogP contribution in [0.5, 0.6) is 0 Å². The Hall–Kier alpha value is -0.180. The molecule has 0 spiro atoms. The highest BCUT2D eigenvalue weighted by Crippen LogP contribution is 2.14. The third-order valence-corrected chi connectivity index (χ3v) is 1.28. The first-order valence-electron chi connectivity index (χ1n) is 3.93. The van der Waals surface area contributed by atoms with Crippen molar-refractivity contribution in [3.63, 3.8) is 0 Å². The molecule has 1 nitrogen and oxygen atoms in total. The molecule has 0 bridgehead atoms. The smallest absolute Gasteiger partial charge is 0.321 e. The van der Waals surface area contributed by atoms with Gasteiger partial charge in [0.1, 0.15) is 0 Å². The third-order valence-electron chi connectivity index (χ3n) is 1.28. The van der Waals surface area contributed by atoms with Crippen molar-refractivity contribution in [1.29, 1.82) is 0 Å². The first-order valence-corrected chi connectivity index (χ1v) is 3.93. The normalized spacial score (nSPS) is 12.5. The van der Waals surface area contributed by atoms with Crippen LogP contribution >= 0.6 is 0 Å². The molecule has 0 saturated carbocycles. The summed E-state index contributed by atoms with van der Waals surface area (Å²) in [6.07, 6.45) is -1.31. The summed E-state index contributed by atoms with van der Waals surface area (Å²) in [7, 11) is 0. The van der Waals surface area contributed by atoms with E-state index in [2.05, 4.69) is 18.6 Å². The van der Waals surface area contributed by atoms with Crippen LogP contribution in [0.3, 0.4) is 0 Å². The Morgan fingerprint density at radius 1 is 1.36 bits per heavy atom. The van der Waals surface area contributed by atoms with Gasteiger partial charge < -0.3 is 4.74 Å². The number of rotatable bonds is 5. The number of alkyl halides is 2. The highest BCUT2D eigenvalue weighted by atomic mass is 19.3. The number of hydrogen-bond donors (Lipinski definition) is 0. The van der Waals surface area contributed by atoms with Crippen LogP contribution in [0, 0.1) is 5.92 Å². The van der Waals surface area contributed by atoms with Crippen molar-refractivity contribution in [2.75, 3.05) is 6.61 Å². The number of halogens is 2. The van der Waals surface area contributed by atoms with Crippen molar-refractivity contribution in [2.24, 2.45) is 5.92 Å². The minimum absolute atomic E-state index is 0.154. The summed E-state index contributed by atoms with van der Waals surface area (Å²) in [5, 5.41) is 0. The molecule has 0 unspecified atom stereocenters. The molecule has 3 heteroatoms. The predicted molar refractivity (Wildman–Crippen MR) is 40.6 cm³/mol. The van der Waals surface area contributed by atoms with E-state index in [-0.39, 0.29) is 6.61 Å². The molecule has 0 radical (unpaired) electrons. The van der Waals surface area contributed by atoms with Crippen molar-refractivity contribution in [1.82, 2.24) is 0 Å². The SMILES string of the molecule is CC(C)CCCOC(C)(F)F. The van der Waals surface area contributed by atoms with Gasteiger partial charge in [-0.1, -0.05) is 13.8 Å². The van der Waals surface area contributed by atoms with Crippen LogP contribution in [0.1, 0.15) is 33.6 Å². The van der Waals surface area contributed by atoms with Crippen LogP contribution in [-0.2, 0) is 4.74 Å². The van der Waals surface area contributed by atoms with E-state index in [1.165, 1.54) is 0 Å². The maximum atomic E-state index is 12.0. The van der Waals surface area contributed by atoms with E-state index >= 15 is 0 Å². The van der Waals surface area contributed by atoms with Gasteiger partial charge in [0.15, 0.2) is 0 Å². The summed E-state index contributed by atoms with van der Waals surface area (Å²) in [6.45, 7) is 5.04. The fourth-order valence-corrected chi connectivity index (χ4v) is 0.743. The van der Waals surface area contributed by atoms with Crippen LogP contribution < -0.4 is 0 Å². The summed E-state index contributed by atoms with van der Waals surface area (Å²) < 4.78 is 28.3. The Balaban J connectivity index is 3.15. The number of ether oxygens (including phenoxy) is 1. The van der Waals surface area contributed by atoms with Crippen LogP contribution in [0.2, 0.25) is 0 Å². The average Bonchev–Trinajstić information content (AvgIpc) is 1.78. The number of hydrogen-bond acceptors (Lipinski definition) is 1. The standard InChI is InChI=1S/C8H16F2O/c1-7(2)5-4-6-11-8(3,9)10/h7H,4-6H2,1-3H3. The second-order valence-corrected chi connectivity index (χ2v) is 3.19. The van der Waals surface area contributed by atoms with Crippen molar-refractivity contribution >= 4 is 0 Å². The molecule has 0 saturated heterocycles. The first kappa shape index (κ1) is 10.8. The van der Waals surface area contributed by atoms with E-state index in [1.54, 1.807) is 0 Å². The van der Waals surface area contributed by atoms with Gasteiger partial charge in [0.2, 0.25) is 0 Å². The molecule has 0 fully saturated rings. The van der Waals surface area contributed by atoms with Gasteiger partial charge in [-0.25, -0.2) is 0 Å². The molecule has 0 aliphatic heterocycles. The zero-order valence-corrected chi connectivity index (χ0v) is 7.36. The molecule has 68 valence electrons. The second kappa shape index (κ2) is 4.65. The lowest BCUT2D eigenvalue weighted by molar-refractivity contribution is -0.224. The molecule has 0 N–H and O–H groups in total. The van der Waals surface area contributed by atoms with Gasteiger partial charge in [0, 0.05) is 6.92 Å². The van der Waals surface area contributed by atoms with Gasteiger partial charge in [0.05, 0.1) is 6.61 Å². The van der Waals surface area contributed by atoms with Gasteiger partial charge in [-0.3, -0.25) is 0 Å². The Morgan fingerprint density at radius 2 is 1.91 bits per heavy atom. The van der Waals surface area contributed by atoms with Gasteiger partial charge in [-0.2, -0.15) is 8.78 Å². The van der Waals surface area contributed by atoms with E-state index in [4.69, 9.17) is 0 Å². The van der Waals surface area contributed by atoms with E-state index in [0.717, 1.165) is 13.3 Å². The molecule has 0 aliphatic rings. The van der Waals surface area contributed by atoms with Crippen LogP contribution in [0.15, 0.2) is 0 Å². The monoisotopic (exact) mass is 166 g/mol. The predicted octanol–water partition coefficient (Wildman–Crippen LogP) is 3.05. The fraction of sp³-hybridized carbons (Fsp3) is 1.00. The molecular weight excluding hydrogens is 150 g/mol. The lowest BCUT2D eigenvalue weighted by Crippen LogP contribution is -2.16. The molecule has 0 amide bonds. The maximum Gasteiger partial charge on any atom is 0.352 e. The topological polar surface area (TPSA) is 9.23 Å². The first-order chi connectivity index (χ1) is 4.92. The molecule has 0 atom stereocenters. The quantitative estimate of drug-likeness (QED) is 0.570. The zero-order chi connectivity index (χ0) is 8.91. The van der Waals surface area contributed by atoms with Crippen LogP contribution in [-0.4, -0.2) is 12.7 Å². The van der Waals surface area contributed by atoms with Gasteiger partial charge in [0.25, 0.3) is 0 Å². The second-order valence-electron chi connectivity index (χ2n) is 3.19. The zero-order valence-electron chi connectivity index (χ0n) is 7.36. The van der Waals surface area contributed by atoms with Gasteiger partial charge in [-0.15, -0.1) is 0 Å². The van der Waals surface area contributed by atoms with E-state index in [9.17, 15) is 8.78 Å². The minimum atomic E-state index is -2.96.